The smallest absolute Gasteiger partial charge is 0.338 e. The fourth-order valence-corrected chi connectivity index (χ4v) is 3.94. The number of carbonyl (C=O) groups excluding carboxylic acids is 2. The minimum Gasteiger partial charge on any atom is -0.467 e. The van der Waals surface area contributed by atoms with Gasteiger partial charge in [-0.1, -0.05) is 36.4 Å². The Labute approximate surface area is 180 Å². The van der Waals surface area contributed by atoms with Crippen LogP contribution in [0.25, 0.3) is 10.8 Å². The predicted octanol–water partition coefficient (Wildman–Crippen LogP) is 2.32. The van der Waals surface area contributed by atoms with Gasteiger partial charge in [-0.15, -0.1) is 0 Å². The molecular formula is C24H26N3O4+. The number of ether oxygens (including phenoxy) is 1. The molecule has 1 unspecified atom stereocenters. The Hall–Kier alpha value is -3.58. The number of benzene rings is 2. The summed E-state index contributed by atoms with van der Waals surface area (Å²) in [6.45, 7) is 3.19. The molecule has 4 rings (SSSR count). The maximum Gasteiger partial charge on any atom is 0.338 e. The van der Waals surface area contributed by atoms with E-state index in [0.717, 1.165) is 11.4 Å². The molecule has 7 nitrogen and oxygen atoms in total. The lowest BCUT2D eigenvalue weighted by atomic mass is 9.99. The molecule has 0 spiro atoms. The van der Waals surface area contributed by atoms with Gasteiger partial charge in [0, 0.05) is 5.56 Å². The van der Waals surface area contributed by atoms with Crippen LogP contribution in [0.3, 0.4) is 0 Å². The molecule has 0 saturated heterocycles. The van der Waals surface area contributed by atoms with Gasteiger partial charge in [-0.3, -0.25) is 0 Å². The molecule has 0 aliphatic carbocycles. The van der Waals surface area contributed by atoms with Gasteiger partial charge < -0.3 is 24.7 Å². The number of hydrogen-bond donors (Lipinski definition) is 3. The number of hydrogen-bond acceptors (Lipinski definition) is 4. The molecule has 3 N–H and O–H groups in total. The normalized spacial score (nSPS) is 17.2. The van der Waals surface area contributed by atoms with Crippen LogP contribution in [-0.4, -0.2) is 32.2 Å². The van der Waals surface area contributed by atoms with Crippen LogP contribution in [0, 0.1) is 0 Å². The number of quaternary nitrogens is 1. The number of furan rings is 1. The Morgan fingerprint density at radius 2 is 1.90 bits per heavy atom. The van der Waals surface area contributed by atoms with Crippen LogP contribution in [0.15, 0.2) is 76.5 Å². The van der Waals surface area contributed by atoms with Crippen molar-refractivity contribution in [3.63, 3.8) is 0 Å². The van der Waals surface area contributed by atoms with E-state index in [4.69, 9.17) is 9.15 Å². The van der Waals surface area contributed by atoms with Crippen molar-refractivity contribution in [1.29, 1.82) is 0 Å². The number of rotatable bonds is 7. The second kappa shape index (κ2) is 9.06. The molecule has 31 heavy (non-hydrogen) atoms. The molecular weight excluding hydrogens is 394 g/mol. The van der Waals surface area contributed by atoms with Crippen molar-refractivity contribution < 1.29 is 23.6 Å². The van der Waals surface area contributed by atoms with E-state index in [-0.39, 0.29) is 12.6 Å². The average Bonchev–Trinajstić information content (AvgIpc) is 3.28. The summed E-state index contributed by atoms with van der Waals surface area (Å²) in [5.41, 5.74) is 2.09. The summed E-state index contributed by atoms with van der Waals surface area (Å²) < 4.78 is 10.8. The third kappa shape index (κ3) is 4.62. The monoisotopic (exact) mass is 420 g/mol. The molecule has 3 aromatic rings. The van der Waals surface area contributed by atoms with Crippen molar-refractivity contribution in [1.82, 2.24) is 10.6 Å². The SMILES string of the molecule is CCOC(=O)C1=C(C[NH+](C)Cc2ccc3ccccc3c2)NC(=O)N[C@@H]1c1ccco1. The van der Waals surface area contributed by atoms with E-state index in [2.05, 4.69) is 41.0 Å². The Bertz CT molecular complexity index is 1120. The van der Waals surface area contributed by atoms with Crippen LogP contribution in [0.5, 0.6) is 0 Å². The fraction of sp³-hybridized carbons (Fsp3) is 0.250. The predicted molar refractivity (Wildman–Crippen MR) is 116 cm³/mol. The number of urea groups is 1. The van der Waals surface area contributed by atoms with Crippen LogP contribution >= 0.6 is 0 Å². The number of esters is 1. The topological polar surface area (TPSA) is 85.0 Å². The van der Waals surface area contributed by atoms with Gasteiger partial charge >= 0.3 is 12.0 Å². The van der Waals surface area contributed by atoms with Crippen LogP contribution < -0.4 is 15.5 Å². The summed E-state index contributed by atoms with van der Waals surface area (Å²) in [6, 6.07) is 17.0. The molecule has 2 aromatic carbocycles. The first-order valence-electron chi connectivity index (χ1n) is 10.3. The molecule has 1 aliphatic rings. The highest BCUT2D eigenvalue weighted by molar-refractivity contribution is 5.95. The van der Waals surface area contributed by atoms with Crippen molar-refractivity contribution in [3.8, 4) is 0 Å². The van der Waals surface area contributed by atoms with Gasteiger partial charge in [-0.05, 0) is 35.9 Å². The number of fused-ring (bicyclic) bond motifs is 1. The van der Waals surface area contributed by atoms with E-state index in [0.29, 0.717) is 23.6 Å². The van der Waals surface area contributed by atoms with Crippen LogP contribution in [0.4, 0.5) is 4.79 Å². The minimum absolute atomic E-state index is 0.244. The van der Waals surface area contributed by atoms with E-state index < -0.39 is 12.0 Å². The zero-order valence-electron chi connectivity index (χ0n) is 17.6. The standard InChI is InChI=1S/C24H25N3O4/c1-3-30-23(28)21-19(25-24(29)26-22(21)20-9-6-12-31-20)15-27(2)14-16-10-11-17-7-4-5-8-18(17)13-16/h4-13,22H,3,14-15H2,1-2H3,(H2,25,26,29)/p+1/t22-/m1/s1. The Morgan fingerprint density at radius 1 is 1.10 bits per heavy atom. The highest BCUT2D eigenvalue weighted by atomic mass is 16.5. The molecule has 2 heterocycles. The second-order valence-corrected chi connectivity index (χ2v) is 7.65. The third-order valence-electron chi connectivity index (χ3n) is 5.28. The Morgan fingerprint density at radius 3 is 2.65 bits per heavy atom. The molecule has 2 atom stereocenters. The summed E-state index contributed by atoms with van der Waals surface area (Å²) in [5, 5.41) is 7.96. The maximum absolute atomic E-state index is 12.8. The number of amides is 2. The van der Waals surface area contributed by atoms with Crippen molar-refractivity contribution in [2.24, 2.45) is 0 Å². The van der Waals surface area contributed by atoms with Crippen LogP contribution in [-0.2, 0) is 16.1 Å². The summed E-state index contributed by atoms with van der Waals surface area (Å²) in [5.74, 6) is 0.0208. The third-order valence-corrected chi connectivity index (χ3v) is 5.28. The number of likely N-dealkylation sites (N-methyl/N-ethyl adjacent to an activating group) is 1. The van der Waals surface area contributed by atoms with Crippen molar-refractivity contribution in [2.75, 3.05) is 20.2 Å². The maximum atomic E-state index is 12.8. The minimum atomic E-state index is -0.689. The molecule has 1 aromatic heterocycles. The highest BCUT2D eigenvalue weighted by Crippen LogP contribution is 2.27. The zero-order valence-corrected chi connectivity index (χ0v) is 17.6. The molecule has 2 amide bonds. The highest BCUT2D eigenvalue weighted by Gasteiger charge is 2.36. The van der Waals surface area contributed by atoms with Gasteiger partial charge in [-0.25, -0.2) is 9.59 Å². The summed E-state index contributed by atoms with van der Waals surface area (Å²) >= 11 is 0. The molecule has 7 heteroatoms. The first-order valence-corrected chi connectivity index (χ1v) is 10.3. The molecule has 0 radical (unpaired) electrons. The van der Waals surface area contributed by atoms with Gasteiger partial charge in [0.05, 0.1) is 31.2 Å². The lowest BCUT2D eigenvalue weighted by Crippen LogP contribution is -3.08. The number of carbonyl (C=O) groups is 2. The molecule has 1 aliphatic heterocycles. The zero-order chi connectivity index (χ0) is 21.8. The van der Waals surface area contributed by atoms with E-state index in [1.54, 1.807) is 19.1 Å². The Balaban J connectivity index is 1.60. The van der Waals surface area contributed by atoms with Crippen LogP contribution in [0.1, 0.15) is 24.3 Å². The van der Waals surface area contributed by atoms with Gasteiger partial charge in [0.15, 0.2) is 0 Å². The quantitative estimate of drug-likeness (QED) is 0.512. The molecule has 0 saturated carbocycles. The van der Waals surface area contributed by atoms with Crippen molar-refractivity contribution >= 4 is 22.8 Å². The van der Waals surface area contributed by atoms with E-state index in [1.807, 2.05) is 19.2 Å². The van der Waals surface area contributed by atoms with E-state index >= 15 is 0 Å². The van der Waals surface area contributed by atoms with Gasteiger partial charge in [0.25, 0.3) is 0 Å². The molecule has 0 fully saturated rings. The summed E-state index contributed by atoms with van der Waals surface area (Å²) in [4.78, 5) is 26.2. The molecule has 160 valence electrons. The van der Waals surface area contributed by atoms with Crippen molar-refractivity contribution in [2.45, 2.75) is 19.5 Å². The van der Waals surface area contributed by atoms with Gasteiger partial charge in [-0.2, -0.15) is 0 Å². The van der Waals surface area contributed by atoms with E-state index in [9.17, 15) is 9.59 Å². The van der Waals surface area contributed by atoms with Crippen molar-refractivity contribution in [3.05, 3.63) is 83.5 Å². The average molecular weight is 420 g/mol. The lowest BCUT2D eigenvalue weighted by molar-refractivity contribution is -0.889. The Kier molecular flexibility index (Phi) is 6.04. The fourth-order valence-electron chi connectivity index (χ4n) is 3.94. The first kappa shape index (κ1) is 20.7. The van der Waals surface area contributed by atoms with Gasteiger partial charge in [0.2, 0.25) is 0 Å². The number of nitrogens with one attached hydrogen (secondary N) is 3. The second-order valence-electron chi connectivity index (χ2n) is 7.65. The van der Waals surface area contributed by atoms with E-state index in [1.165, 1.54) is 22.6 Å². The largest absolute Gasteiger partial charge is 0.467 e. The lowest BCUT2D eigenvalue weighted by Gasteiger charge is -2.28. The van der Waals surface area contributed by atoms with Crippen LogP contribution in [0.2, 0.25) is 0 Å². The van der Waals surface area contributed by atoms with Gasteiger partial charge in [0.1, 0.15) is 24.9 Å². The summed E-state index contributed by atoms with van der Waals surface area (Å²) in [6.07, 6.45) is 1.52. The summed E-state index contributed by atoms with van der Waals surface area (Å²) in [7, 11) is 2.03. The first-order chi connectivity index (χ1) is 15.0. The molecule has 0 bridgehead atoms.